The van der Waals surface area contributed by atoms with Gasteiger partial charge in [-0.1, -0.05) is 6.92 Å². The van der Waals surface area contributed by atoms with Gasteiger partial charge in [0.15, 0.2) is 6.10 Å². The monoisotopic (exact) mass is 220 g/mol. The standard InChI is InChI=1S/C12H16N2O2/c1-3-6-13-9-4-5-11-10(7-9)14-12(15)8(2)16-11/h4-5,7-8,13H,3,6H2,1-2H3,(H,14,15). The summed E-state index contributed by atoms with van der Waals surface area (Å²) in [7, 11) is 0. The Balaban J connectivity index is 2.19. The molecule has 0 radical (unpaired) electrons. The van der Waals surface area contributed by atoms with Gasteiger partial charge in [-0.05, 0) is 31.5 Å². The normalized spacial score (nSPS) is 18.4. The van der Waals surface area contributed by atoms with Crippen LogP contribution in [-0.4, -0.2) is 18.6 Å². The Kier molecular flexibility index (Phi) is 2.99. The van der Waals surface area contributed by atoms with Crippen LogP contribution in [0.5, 0.6) is 5.75 Å². The quantitative estimate of drug-likeness (QED) is 0.821. The number of carbonyl (C=O) groups is 1. The minimum absolute atomic E-state index is 0.0971. The third-order valence-electron chi connectivity index (χ3n) is 2.49. The first-order valence-electron chi connectivity index (χ1n) is 5.56. The zero-order chi connectivity index (χ0) is 11.5. The average molecular weight is 220 g/mol. The van der Waals surface area contributed by atoms with Gasteiger partial charge in [0.05, 0.1) is 5.69 Å². The molecule has 1 unspecified atom stereocenters. The van der Waals surface area contributed by atoms with Crippen LogP contribution >= 0.6 is 0 Å². The highest BCUT2D eigenvalue weighted by molar-refractivity contribution is 5.98. The number of carbonyl (C=O) groups excluding carboxylic acids is 1. The summed E-state index contributed by atoms with van der Waals surface area (Å²) in [6, 6.07) is 5.73. The zero-order valence-corrected chi connectivity index (χ0v) is 9.54. The first-order valence-corrected chi connectivity index (χ1v) is 5.56. The van der Waals surface area contributed by atoms with Gasteiger partial charge in [-0.2, -0.15) is 0 Å². The van der Waals surface area contributed by atoms with Crippen LogP contribution in [0.2, 0.25) is 0 Å². The molecule has 4 nitrogen and oxygen atoms in total. The Hall–Kier alpha value is -1.71. The first-order chi connectivity index (χ1) is 7.70. The Morgan fingerprint density at radius 1 is 1.50 bits per heavy atom. The predicted molar refractivity (Wildman–Crippen MR) is 63.9 cm³/mol. The summed E-state index contributed by atoms with van der Waals surface area (Å²) >= 11 is 0. The molecular weight excluding hydrogens is 204 g/mol. The number of nitrogens with one attached hydrogen (secondary N) is 2. The summed E-state index contributed by atoms with van der Waals surface area (Å²) < 4.78 is 5.46. The predicted octanol–water partition coefficient (Wildman–Crippen LogP) is 2.23. The van der Waals surface area contributed by atoms with Crippen LogP contribution < -0.4 is 15.4 Å². The third-order valence-corrected chi connectivity index (χ3v) is 2.49. The third kappa shape index (κ3) is 2.10. The van der Waals surface area contributed by atoms with E-state index in [4.69, 9.17) is 4.74 Å². The maximum Gasteiger partial charge on any atom is 0.265 e. The molecule has 1 heterocycles. The lowest BCUT2D eigenvalue weighted by atomic mass is 10.2. The van der Waals surface area contributed by atoms with Crippen LogP contribution in [0.1, 0.15) is 20.3 Å². The van der Waals surface area contributed by atoms with Crippen molar-refractivity contribution in [2.75, 3.05) is 17.2 Å². The lowest BCUT2D eigenvalue weighted by Crippen LogP contribution is -2.34. The van der Waals surface area contributed by atoms with E-state index < -0.39 is 6.10 Å². The molecule has 0 saturated carbocycles. The van der Waals surface area contributed by atoms with Crippen LogP contribution in [0.15, 0.2) is 18.2 Å². The molecule has 16 heavy (non-hydrogen) atoms. The van der Waals surface area contributed by atoms with E-state index in [9.17, 15) is 4.79 Å². The molecule has 0 bridgehead atoms. The number of hydrogen-bond acceptors (Lipinski definition) is 3. The van der Waals surface area contributed by atoms with Gasteiger partial charge in [-0.25, -0.2) is 0 Å². The Labute approximate surface area is 95.0 Å². The molecule has 1 atom stereocenters. The Morgan fingerprint density at radius 2 is 2.31 bits per heavy atom. The highest BCUT2D eigenvalue weighted by Gasteiger charge is 2.23. The molecule has 86 valence electrons. The van der Waals surface area contributed by atoms with E-state index in [1.54, 1.807) is 6.92 Å². The second kappa shape index (κ2) is 4.43. The van der Waals surface area contributed by atoms with E-state index >= 15 is 0 Å². The average Bonchev–Trinajstić information content (AvgIpc) is 2.28. The van der Waals surface area contributed by atoms with Crippen LogP contribution in [0, 0.1) is 0 Å². The van der Waals surface area contributed by atoms with E-state index in [0.717, 1.165) is 30.1 Å². The molecule has 1 amide bonds. The Morgan fingerprint density at radius 3 is 3.06 bits per heavy atom. The highest BCUT2D eigenvalue weighted by Crippen LogP contribution is 2.31. The minimum atomic E-state index is -0.415. The number of anilines is 2. The number of benzene rings is 1. The number of fused-ring (bicyclic) bond motifs is 1. The fourth-order valence-electron chi connectivity index (χ4n) is 1.59. The SMILES string of the molecule is CCCNc1ccc2c(c1)NC(=O)C(C)O2. The van der Waals surface area contributed by atoms with Crippen molar-refractivity contribution >= 4 is 17.3 Å². The van der Waals surface area contributed by atoms with Gasteiger partial charge in [0, 0.05) is 12.2 Å². The summed E-state index contributed by atoms with van der Waals surface area (Å²) in [5.74, 6) is 0.634. The first kappa shape index (κ1) is 10.8. The van der Waals surface area contributed by atoms with Gasteiger partial charge >= 0.3 is 0 Å². The van der Waals surface area contributed by atoms with Gasteiger partial charge in [-0.3, -0.25) is 4.79 Å². The molecule has 4 heteroatoms. The fraction of sp³-hybridized carbons (Fsp3) is 0.417. The summed E-state index contributed by atoms with van der Waals surface area (Å²) in [6.07, 6.45) is 0.652. The molecule has 1 aromatic carbocycles. The lowest BCUT2D eigenvalue weighted by molar-refractivity contribution is -0.122. The maximum absolute atomic E-state index is 11.4. The van der Waals surface area contributed by atoms with Crippen molar-refractivity contribution in [2.45, 2.75) is 26.4 Å². The van der Waals surface area contributed by atoms with Crippen molar-refractivity contribution in [3.8, 4) is 5.75 Å². The second-order valence-electron chi connectivity index (χ2n) is 3.89. The molecule has 0 fully saturated rings. The van der Waals surface area contributed by atoms with Crippen LogP contribution in [0.4, 0.5) is 11.4 Å². The van der Waals surface area contributed by atoms with E-state index in [1.165, 1.54) is 0 Å². The summed E-state index contributed by atoms with van der Waals surface area (Å²) in [5, 5.41) is 6.09. The zero-order valence-electron chi connectivity index (χ0n) is 9.54. The minimum Gasteiger partial charge on any atom is -0.479 e. The van der Waals surface area contributed by atoms with E-state index in [0.29, 0.717) is 0 Å². The summed E-state index contributed by atoms with van der Waals surface area (Å²) in [6.45, 7) is 4.77. The molecule has 1 aromatic rings. The molecular formula is C12H16N2O2. The van der Waals surface area contributed by atoms with E-state index in [-0.39, 0.29) is 5.91 Å². The number of hydrogen-bond donors (Lipinski definition) is 2. The highest BCUT2D eigenvalue weighted by atomic mass is 16.5. The molecule has 2 rings (SSSR count). The molecule has 0 aliphatic carbocycles. The molecule has 2 N–H and O–H groups in total. The maximum atomic E-state index is 11.4. The van der Waals surface area contributed by atoms with Gasteiger partial charge in [0.1, 0.15) is 5.75 Å². The number of ether oxygens (including phenoxy) is 1. The van der Waals surface area contributed by atoms with E-state index in [1.807, 2.05) is 18.2 Å². The van der Waals surface area contributed by atoms with Crippen molar-refractivity contribution in [1.82, 2.24) is 0 Å². The summed E-state index contributed by atoms with van der Waals surface area (Å²) in [5.41, 5.74) is 1.74. The van der Waals surface area contributed by atoms with Crippen LogP contribution in [-0.2, 0) is 4.79 Å². The summed E-state index contributed by atoms with van der Waals surface area (Å²) in [4.78, 5) is 11.4. The van der Waals surface area contributed by atoms with Gasteiger partial charge in [0.25, 0.3) is 5.91 Å². The number of rotatable bonds is 3. The number of amides is 1. The van der Waals surface area contributed by atoms with Gasteiger partial charge in [-0.15, -0.1) is 0 Å². The van der Waals surface area contributed by atoms with Crippen molar-refractivity contribution < 1.29 is 9.53 Å². The van der Waals surface area contributed by atoms with Crippen LogP contribution in [0.25, 0.3) is 0 Å². The van der Waals surface area contributed by atoms with Crippen molar-refractivity contribution in [3.63, 3.8) is 0 Å². The smallest absolute Gasteiger partial charge is 0.265 e. The van der Waals surface area contributed by atoms with Crippen molar-refractivity contribution in [2.24, 2.45) is 0 Å². The molecule has 0 aromatic heterocycles. The molecule has 1 aliphatic rings. The largest absolute Gasteiger partial charge is 0.479 e. The second-order valence-corrected chi connectivity index (χ2v) is 3.89. The Bertz CT molecular complexity index is 404. The van der Waals surface area contributed by atoms with E-state index in [2.05, 4.69) is 17.6 Å². The van der Waals surface area contributed by atoms with Crippen molar-refractivity contribution in [1.29, 1.82) is 0 Å². The molecule has 0 spiro atoms. The molecule has 0 saturated heterocycles. The van der Waals surface area contributed by atoms with Gasteiger partial charge < -0.3 is 15.4 Å². The van der Waals surface area contributed by atoms with Gasteiger partial charge in [0.2, 0.25) is 0 Å². The molecule has 1 aliphatic heterocycles. The van der Waals surface area contributed by atoms with Crippen molar-refractivity contribution in [3.05, 3.63) is 18.2 Å². The topological polar surface area (TPSA) is 50.4 Å². The lowest BCUT2D eigenvalue weighted by Gasteiger charge is -2.23. The fourth-order valence-corrected chi connectivity index (χ4v) is 1.59. The van der Waals surface area contributed by atoms with Crippen LogP contribution in [0.3, 0.4) is 0 Å².